The van der Waals surface area contributed by atoms with Gasteiger partial charge in [0, 0.05) is 11.2 Å². The van der Waals surface area contributed by atoms with Crippen LogP contribution in [-0.2, 0) is 4.79 Å². The molecule has 2 aromatic rings. The molecule has 0 bridgehead atoms. The van der Waals surface area contributed by atoms with Crippen LogP contribution in [-0.4, -0.2) is 28.6 Å². The van der Waals surface area contributed by atoms with Crippen molar-refractivity contribution in [2.45, 2.75) is 0 Å². The molecule has 1 heterocycles. The molecule has 0 unspecified atom stereocenters. The van der Waals surface area contributed by atoms with E-state index in [1.54, 1.807) is 24.3 Å². The molecule has 1 aromatic carbocycles. The van der Waals surface area contributed by atoms with E-state index in [9.17, 15) is 9.59 Å². The zero-order chi connectivity index (χ0) is 15.2. The average molecular weight is 307 g/mol. The van der Waals surface area contributed by atoms with E-state index in [0.29, 0.717) is 10.8 Å². The van der Waals surface area contributed by atoms with Crippen molar-refractivity contribution < 1.29 is 19.4 Å². The quantitative estimate of drug-likeness (QED) is 0.885. The van der Waals surface area contributed by atoms with Crippen molar-refractivity contribution in [3.8, 4) is 5.75 Å². The Hall–Kier alpha value is -2.60. The summed E-state index contributed by atoms with van der Waals surface area (Å²) in [6.07, 6.45) is 2.60. The van der Waals surface area contributed by atoms with Gasteiger partial charge < -0.3 is 15.2 Å². The SMILES string of the molecule is O=C(COc1ccc(Cl)cc1)Nc1cnccc1C(=O)O. The van der Waals surface area contributed by atoms with E-state index < -0.39 is 11.9 Å². The van der Waals surface area contributed by atoms with Crippen LogP contribution in [0.2, 0.25) is 5.02 Å². The van der Waals surface area contributed by atoms with Crippen molar-refractivity contribution in [1.29, 1.82) is 0 Å². The number of aromatic nitrogens is 1. The van der Waals surface area contributed by atoms with Crippen molar-refractivity contribution in [3.05, 3.63) is 53.3 Å². The lowest BCUT2D eigenvalue weighted by atomic mass is 10.2. The summed E-state index contributed by atoms with van der Waals surface area (Å²) < 4.78 is 5.26. The first kappa shape index (κ1) is 14.8. The molecule has 0 atom stereocenters. The van der Waals surface area contributed by atoms with E-state index in [-0.39, 0.29) is 17.9 Å². The Morgan fingerprint density at radius 1 is 1.24 bits per heavy atom. The van der Waals surface area contributed by atoms with Crippen molar-refractivity contribution in [1.82, 2.24) is 4.98 Å². The molecule has 7 heteroatoms. The van der Waals surface area contributed by atoms with Gasteiger partial charge in [0.1, 0.15) is 5.75 Å². The number of nitrogens with zero attached hydrogens (tertiary/aromatic N) is 1. The highest BCUT2D eigenvalue weighted by atomic mass is 35.5. The predicted octanol–water partition coefficient (Wildman–Crippen LogP) is 2.45. The van der Waals surface area contributed by atoms with Gasteiger partial charge in [0.05, 0.1) is 17.4 Å². The van der Waals surface area contributed by atoms with Crippen LogP contribution in [0.25, 0.3) is 0 Å². The van der Waals surface area contributed by atoms with Crippen LogP contribution in [0.4, 0.5) is 5.69 Å². The number of amides is 1. The third-order valence-electron chi connectivity index (χ3n) is 2.51. The van der Waals surface area contributed by atoms with Gasteiger partial charge in [0.25, 0.3) is 5.91 Å². The van der Waals surface area contributed by atoms with E-state index in [1.807, 2.05) is 0 Å². The number of ether oxygens (including phenoxy) is 1. The molecular formula is C14H11ClN2O4. The number of hydrogen-bond acceptors (Lipinski definition) is 4. The number of carbonyl (C=O) groups is 2. The van der Waals surface area contributed by atoms with Crippen LogP contribution in [0.15, 0.2) is 42.7 Å². The number of carboxylic acids is 1. The molecule has 0 aliphatic carbocycles. The summed E-state index contributed by atoms with van der Waals surface area (Å²) in [7, 11) is 0. The first-order chi connectivity index (χ1) is 10.1. The molecule has 21 heavy (non-hydrogen) atoms. The van der Waals surface area contributed by atoms with Gasteiger partial charge in [0.15, 0.2) is 6.61 Å². The number of carbonyl (C=O) groups excluding carboxylic acids is 1. The lowest BCUT2D eigenvalue weighted by Crippen LogP contribution is -2.21. The molecule has 0 saturated carbocycles. The summed E-state index contributed by atoms with van der Waals surface area (Å²) >= 11 is 5.73. The first-order valence-electron chi connectivity index (χ1n) is 5.92. The summed E-state index contributed by atoms with van der Waals surface area (Å²) in [6.45, 7) is -0.254. The fourth-order valence-corrected chi connectivity index (χ4v) is 1.67. The summed E-state index contributed by atoms with van der Waals surface area (Å²) in [4.78, 5) is 26.5. The maximum Gasteiger partial charge on any atom is 0.337 e. The molecule has 0 fully saturated rings. The van der Waals surface area contributed by atoms with Crippen LogP contribution in [0.5, 0.6) is 5.75 Å². The number of carboxylic acid groups (broad SMARTS) is 1. The highest BCUT2D eigenvalue weighted by molar-refractivity contribution is 6.30. The Kier molecular flexibility index (Phi) is 4.73. The largest absolute Gasteiger partial charge is 0.484 e. The van der Waals surface area contributed by atoms with Crippen molar-refractivity contribution in [3.63, 3.8) is 0 Å². The summed E-state index contributed by atoms with van der Waals surface area (Å²) in [5, 5.41) is 12.0. The number of anilines is 1. The Morgan fingerprint density at radius 3 is 2.62 bits per heavy atom. The van der Waals surface area contributed by atoms with Gasteiger partial charge in [-0.2, -0.15) is 0 Å². The highest BCUT2D eigenvalue weighted by Gasteiger charge is 2.12. The molecule has 2 N–H and O–H groups in total. The number of aromatic carboxylic acids is 1. The molecule has 2 rings (SSSR count). The second kappa shape index (κ2) is 6.71. The minimum atomic E-state index is -1.15. The fraction of sp³-hybridized carbons (Fsp3) is 0.0714. The van der Waals surface area contributed by atoms with Crippen LogP contribution >= 0.6 is 11.6 Å². The monoisotopic (exact) mass is 306 g/mol. The molecule has 0 radical (unpaired) electrons. The second-order valence-corrected chi connectivity index (χ2v) is 4.45. The number of rotatable bonds is 5. The lowest BCUT2D eigenvalue weighted by Gasteiger charge is -2.09. The van der Waals surface area contributed by atoms with E-state index in [0.717, 1.165) is 0 Å². The van der Waals surface area contributed by atoms with E-state index in [2.05, 4.69) is 10.3 Å². The van der Waals surface area contributed by atoms with Crippen LogP contribution in [0.3, 0.4) is 0 Å². The molecule has 6 nitrogen and oxygen atoms in total. The van der Waals surface area contributed by atoms with Crippen LogP contribution in [0.1, 0.15) is 10.4 Å². The van der Waals surface area contributed by atoms with E-state index in [1.165, 1.54) is 18.5 Å². The van der Waals surface area contributed by atoms with Crippen molar-refractivity contribution >= 4 is 29.2 Å². The number of nitrogens with one attached hydrogen (secondary N) is 1. The minimum absolute atomic E-state index is 0.0372. The van der Waals surface area contributed by atoms with Gasteiger partial charge in [-0.3, -0.25) is 9.78 Å². The highest BCUT2D eigenvalue weighted by Crippen LogP contribution is 2.16. The van der Waals surface area contributed by atoms with E-state index in [4.69, 9.17) is 21.4 Å². The summed E-state index contributed by atoms with van der Waals surface area (Å²) in [5.41, 5.74) is 0.0829. The summed E-state index contributed by atoms with van der Waals surface area (Å²) in [6, 6.07) is 7.83. The number of pyridine rings is 1. The third-order valence-corrected chi connectivity index (χ3v) is 2.76. The van der Waals surface area contributed by atoms with Gasteiger partial charge in [-0.25, -0.2) is 4.79 Å². The van der Waals surface area contributed by atoms with Gasteiger partial charge in [-0.1, -0.05) is 11.6 Å². The molecule has 0 saturated heterocycles. The Morgan fingerprint density at radius 2 is 1.95 bits per heavy atom. The Balaban J connectivity index is 1.96. The smallest absolute Gasteiger partial charge is 0.337 e. The number of halogens is 1. The number of hydrogen-bond donors (Lipinski definition) is 2. The second-order valence-electron chi connectivity index (χ2n) is 4.02. The maximum atomic E-state index is 11.7. The van der Waals surface area contributed by atoms with Gasteiger partial charge >= 0.3 is 5.97 Å². The standard InChI is InChI=1S/C14H11ClN2O4/c15-9-1-3-10(4-2-9)21-8-13(18)17-12-7-16-6-5-11(12)14(19)20/h1-7H,8H2,(H,17,18)(H,19,20). The topological polar surface area (TPSA) is 88.5 Å². The third kappa shape index (κ3) is 4.19. The predicted molar refractivity (Wildman–Crippen MR) is 76.8 cm³/mol. The minimum Gasteiger partial charge on any atom is -0.484 e. The van der Waals surface area contributed by atoms with Crippen LogP contribution in [0, 0.1) is 0 Å². The normalized spacial score (nSPS) is 9.95. The zero-order valence-corrected chi connectivity index (χ0v) is 11.5. The molecule has 0 aliphatic rings. The molecule has 108 valence electrons. The number of benzene rings is 1. The van der Waals surface area contributed by atoms with E-state index >= 15 is 0 Å². The van der Waals surface area contributed by atoms with Gasteiger partial charge in [0.2, 0.25) is 0 Å². The molecular weight excluding hydrogens is 296 g/mol. The van der Waals surface area contributed by atoms with Crippen LogP contribution < -0.4 is 10.1 Å². The summed E-state index contributed by atoms with van der Waals surface area (Å²) in [5.74, 6) is -1.15. The first-order valence-corrected chi connectivity index (χ1v) is 6.29. The molecule has 0 spiro atoms. The van der Waals surface area contributed by atoms with Gasteiger partial charge in [-0.15, -0.1) is 0 Å². The molecule has 1 aromatic heterocycles. The van der Waals surface area contributed by atoms with Crippen molar-refractivity contribution in [2.24, 2.45) is 0 Å². The Bertz CT molecular complexity index is 658. The molecule has 0 aliphatic heterocycles. The Labute approximate surface area is 125 Å². The maximum absolute atomic E-state index is 11.7. The zero-order valence-electron chi connectivity index (χ0n) is 10.7. The fourth-order valence-electron chi connectivity index (χ4n) is 1.55. The average Bonchev–Trinajstić information content (AvgIpc) is 2.47. The van der Waals surface area contributed by atoms with Gasteiger partial charge in [-0.05, 0) is 30.3 Å². The molecule has 1 amide bonds. The lowest BCUT2D eigenvalue weighted by molar-refractivity contribution is -0.118. The van der Waals surface area contributed by atoms with Crippen molar-refractivity contribution in [2.75, 3.05) is 11.9 Å².